The highest BCUT2D eigenvalue weighted by Crippen LogP contribution is 2.25. The number of piperidine rings is 1. The lowest BCUT2D eigenvalue weighted by Gasteiger charge is -2.34. The number of anilines is 1. The molecule has 0 aliphatic carbocycles. The van der Waals surface area contributed by atoms with Gasteiger partial charge in [0.15, 0.2) is 0 Å². The van der Waals surface area contributed by atoms with Gasteiger partial charge in [-0.1, -0.05) is 29.8 Å². The third-order valence-corrected chi connectivity index (χ3v) is 6.77. The quantitative estimate of drug-likeness (QED) is 0.627. The van der Waals surface area contributed by atoms with Gasteiger partial charge in [0.2, 0.25) is 10.0 Å². The molecule has 1 aliphatic rings. The number of carbonyl (C=O) groups is 1. The molecule has 0 radical (unpaired) electrons. The van der Waals surface area contributed by atoms with E-state index in [1.807, 2.05) is 31.2 Å². The van der Waals surface area contributed by atoms with Gasteiger partial charge in [0, 0.05) is 38.5 Å². The van der Waals surface area contributed by atoms with E-state index in [9.17, 15) is 13.2 Å². The van der Waals surface area contributed by atoms with Crippen molar-refractivity contribution in [2.45, 2.75) is 30.7 Å². The summed E-state index contributed by atoms with van der Waals surface area (Å²) in [6.07, 6.45) is 1.34. The number of benzene rings is 2. The van der Waals surface area contributed by atoms with Crippen LogP contribution in [0.25, 0.3) is 0 Å². The van der Waals surface area contributed by atoms with Crippen molar-refractivity contribution in [3.05, 3.63) is 59.7 Å². The Kier molecular flexibility index (Phi) is 7.47. The van der Waals surface area contributed by atoms with Gasteiger partial charge < -0.3 is 15.0 Å². The molecule has 2 aromatic carbocycles. The minimum absolute atomic E-state index is 0.129. The van der Waals surface area contributed by atoms with Crippen molar-refractivity contribution in [2.24, 2.45) is 0 Å². The predicted octanol–water partition coefficient (Wildman–Crippen LogP) is 2.32. The molecule has 0 aromatic heterocycles. The van der Waals surface area contributed by atoms with Crippen LogP contribution >= 0.6 is 0 Å². The Labute approximate surface area is 178 Å². The first-order valence-corrected chi connectivity index (χ1v) is 11.6. The van der Waals surface area contributed by atoms with E-state index in [2.05, 4.69) is 14.9 Å². The molecule has 1 saturated heterocycles. The van der Waals surface area contributed by atoms with Crippen molar-refractivity contribution in [1.82, 2.24) is 10.0 Å². The van der Waals surface area contributed by atoms with Crippen molar-refractivity contribution < 1.29 is 17.9 Å². The molecule has 2 aromatic rings. The number of carbonyl (C=O) groups excluding carboxylic acids is 1. The fraction of sp³-hybridized carbons (Fsp3) is 0.409. The number of nitrogens with zero attached hydrogens (tertiary/aromatic N) is 1. The van der Waals surface area contributed by atoms with E-state index in [0.29, 0.717) is 44.6 Å². The van der Waals surface area contributed by atoms with Crippen LogP contribution < -0.4 is 14.9 Å². The van der Waals surface area contributed by atoms with Crippen LogP contribution in [0, 0.1) is 6.92 Å². The summed E-state index contributed by atoms with van der Waals surface area (Å²) in [5.41, 5.74) is 2.51. The Morgan fingerprint density at radius 2 is 1.77 bits per heavy atom. The summed E-state index contributed by atoms with van der Waals surface area (Å²) in [7, 11) is -1.94. The van der Waals surface area contributed by atoms with Gasteiger partial charge in [-0.05, 0) is 44.0 Å². The fourth-order valence-electron chi connectivity index (χ4n) is 3.55. The maximum Gasteiger partial charge on any atom is 0.253 e. The molecule has 0 unspecified atom stereocenters. The van der Waals surface area contributed by atoms with Crippen LogP contribution in [-0.4, -0.2) is 53.7 Å². The fourth-order valence-corrected chi connectivity index (χ4v) is 4.85. The molecule has 2 N–H and O–H groups in total. The zero-order valence-corrected chi connectivity index (χ0v) is 18.2. The van der Waals surface area contributed by atoms with Gasteiger partial charge in [-0.15, -0.1) is 0 Å². The van der Waals surface area contributed by atoms with Crippen LogP contribution in [0.2, 0.25) is 0 Å². The van der Waals surface area contributed by atoms with Crippen molar-refractivity contribution >= 4 is 21.6 Å². The molecule has 0 atom stereocenters. The standard InChI is InChI=1S/C22H29N3O4S/c1-17-7-9-19(10-8-17)30(27,28)24-18-11-14-25(15-12-18)21-6-4-3-5-20(21)22(26)23-13-16-29-2/h3-10,18,24H,11-16H2,1-2H3,(H,23,26). The Balaban J connectivity index is 1.62. The van der Waals surface area contributed by atoms with Gasteiger partial charge in [0.1, 0.15) is 0 Å². The molecule has 0 spiro atoms. The van der Waals surface area contributed by atoms with Crippen LogP contribution in [0.4, 0.5) is 5.69 Å². The number of nitrogens with one attached hydrogen (secondary N) is 2. The normalized spacial score (nSPS) is 15.2. The van der Waals surface area contributed by atoms with E-state index < -0.39 is 10.0 Å². The molecular weight excluding hydrogens is 402 g/mol. The second-order valence-corrected chi connectivity index (χ2v) is 9.18. The highest BCUT2D eigenvalue weighted by atomic mass is 32.2. The van der Waals surface area contributed by atoms with E-state index in [1.165, 1.54) is 0 Å². The molecule has 30 heavy (non-hydrogen) atoms. The molecule has 3 rings (SSSR count). The minimum atomic E-state index is -3.54. The van der Waals surface area contributed by atoms with E-state index in [-0.39, 0.29) is 16.8 Å². The second-order valence-electron chi connectivity index (χ2n) is 7.46. The number of para-hydroxylation sites is 1. The Bertz CT molecular complexity index is 953. The Morgan fingerprint density at radius 1 is 1.10 bits per heavy atom. The van der Waals surface area contributed by atoms with Gasteiger partial charge >= 0.3 is 0 Å². The average molecular weight is 432 g/mol. The van der Waals surface area contributed by atoms with Crippen molar-refractivity contribution in [3.63, 3.8) is 0 Å². The van der Waals surface area contributed by atoms with Crippen molar-refractivity contribution in [1.29, 1.82) is 0 Å². The number of hydrogen-bond donors (Lipinski definition) is 2. The first-order chi connectivity index (χ1) is 14.4. The van der Waals surface area contributed by atoms with Gasteiger partial charge in [0.25, 0.3) is 5.91 Å². The van der Waals surface area contributed by atoms with Gasteiger partial charge in [-0.2, -0.15) is 0 Å². The molecule has 1 amide bonds. The highest BCUT2D eigenvalue weighted by Gasteiger charge is 2.26. The Morgan fingerprint density at radius 3 is 2.43 bits per heavy atom. The summed E-state index contributed by atoms with van der Waals surface area (Å²) >= 11 is 0. The molecule has 0 saturated carbocycles. The molecule has 162 valence electrons. The van der Waals surface area contributed by atoms with E-state index in [0.717, 1.165) is 11.3 Å². The molecule has 1 aliphatic heterocycles. The largest absolute Gasteiger partial charge is 0.383 e. The number of ether oxygens (including phenoxy) is 1. The molecule has 1 heterocycles. The number of methoxy groups -OCH3 is 1. The van der Waals surface area contributed by atoms with Crippen molar-refractivity contribution in [2.75, 3.05) is 38.3 Å². The molecule has 1 fully saturated rings. The summed E-state index contributed by atoms with van der Waals surface area (Å²) in [5, 5.41) is 2.86. The first-order valence-electron chi connectivity index (χ1n) is 10.1. The van der Waals surface area contributed by atoms with Crippen LogP contribution in [0.15, 0.2) is 53.4 Å². The maximum atomic E-state index is 12.6. The van der Waals surface area contributed by atoms with Crippen LogP contribution in [-0.2, 0) is 14.8 Å². The summed E-state index contributed by atoms with van der Waals surface area (Å²) in [6.45, 7) is 4.18. The number of sulfonamides is 1. The lowest BCUT2D eigenvalue weighted by molar-refractivity contribution is 0.0937. The van der Waals surface area contributed by atoms with Crippen LogP contribution in [0.1, 0.15) is 28.8 Å². The smallest absolute Gasteiger partial charge is 0.253 e. The topological polar surface area (TPSA) is 87.7 Å². The second kappa shape index (κ2) is 10.1. The maximum absolute atomic E-state index is 12.6. The third-order valence-electron chi connectivity index (χ3n) is 5.23. The van der Waals surface area contributed by atoms with Gasteiger partial charge in [-0.3, -0.25) is 4.79 Å². The zero-order valence-electron chi connectivity index (χ0n) is 17.4. The lowest BCUT2D eigenvalue weighted by atomic mass is 10.0. The number of hydrogen-bond acceptors (Lipinski definition) is 5. The van der Waals surface area contributed by atoms with Crippen molar-refractivity contribution in [3.8, 4) is 0 Å². The van der Waals surface area contributed by atoms with Gasteiger partial charge in [0.05, 0.1) is 17.1 Å². The lowest BCUT2D eigenvalue weighted by Crippen LogP contribution is -2.45. The molecule has 0 bridgehead atoms. The molecule has 8 heteroatoms. The zero-order chi connectivity index (χ0) is 21.6. The van der Waals surface area contributed by atoms with E-state index in [4.69, 9.17) is 4.74 Å². The number of aryl methyl sites for hydroxylation is 1. The predicted molar refractivity (Wildman–Crippen MR) is 117 cm³/mol. The molecular formula is C22H29N3O4S. The molecule has 7 nitrogen and oxygen atoms in total. The van der Waals surface area contributed by atoms with Crippen LogP contribution in [0.3, 0.4) is 0 Å². The summed E-state index contributed by atoms with van der Waals surface area (Å²) in [4.78, 5) is 15.0. The monoisotopic (exact) mass is 431 g/mol. The van der Waals surface area contributed by atoms with Gasteiger partial charge in [-0.25, -0.2) is 13.1 Å². The number of rotatable bonds is 8. The third kappa shape index (κ3) is 5.59. The summed E-state index contributed by atoms with van der Waals surface area (Å²) in [5.74, 6) is -0.134. The van der Waals surface area contributed by atoms with E-state index >= 15 is 0 Å². The summed E-state index contributed by atoms with van der Waals surface area (Å²) < 4.78 is 33.1. The number of amides is 1. The Hall–Kier alpha value is -2.42. The first kappa shape index (κ1) is 22.3. The SMILES string of the molecule is COCCNC(=O)c1ccccc1N1CCC(NS(=O)(=O)c2ccc(C)cc2)CC1. The average Bonchev–Trinajstić information content (AvgIpc) is 2.74. The summed E-state index contributed by atoms with van der Waals surface area (Å²) in [6, 6.07) is 14.2. The highest BCUT2D eigenvalue weighted by molar-refractivity contribution is 7.89. The minimum Gasteiger partial charge on any atom is -0.383 e. The van der Waals surface area contributed by atoms with Crippen LogP contribution in [0.5, 0.6) is 0 Å². The van der Waals surface area contributed by atoms with E-state index in [1.54, 1.807) is 31.4 Å².